The van der Waals surface area contributed by atoms with Gasteiger partial charge in [-0.3, -0.25) is 14.9 Å². The lowest BCUT2D eigenvalue weighted by Crippen LogP contribution is -2.28. The van der Waals surface area contributed by atoms with Crippen LogP contribution in [0.15, 0.2) is 49.1 Å². The van der Waals surface area contributed by atoms with Gasteiger partial charge in [0.15, 0.2) is 0 Å². The van der Waals surface area contributed by atoms with Crippen LogP contribution in [0.1, 0.15) is 5.56 Å². The third-order valence-corrected chi connectivity index (χ3v) is 2.28. The number of carbonyl (C=O) groups is 1. The number of aromatic nitrogens is 2. The molecule has 86 valence electrons. The Hall–Kier alpha value is -2.43. The molecule has 1 amide bonds. The van der Waals surface area contributed by atoms with Crippen molar-refractivity contribution >= 4 is 11.8 Å². The van der Waals surface area contributed by atoms with Crippen molar-refractivity contribution in [1.82, 2.24) is 9.97 Å². The molecule has 0 fully saturated rings. The Morgan fingerprint density at radius 3 is 2.53 bits per heavy atom. The van der Waals surface area contributed by atoms with E-state index in [0.29, 0.717) is 5.69 Å². The third kappa shape index (κ3) is 2.78. The third-order valence-electron chi connectivity index (χ3n) is 2.28. The van der Waals surface area contributed by atoms with Gasteiger partial charge in [0.25, 0.3) is 0 Å². The Morgan fingerprint density at radius 2 is 1.94 bits per heavy atom. The molecule has 2 aromatic heterocycles. The molecule has 0 spiro atoms. The average molecular weight is 229 g/mol. The van der Waals surface area contributed by atoms with Crippen molar-refractivity contribution in [3.8, 4) is 0 Å². The smallest absolute Gasteiger partial charge is 0.412 e. The van der Waals surface area contributed by atoms with Gasteiger partial charge < -0.3 is 5.11 Å². The van der Waals surface area contributed by atoms with Gasteiger partial charge in [-0.15, -0.1) is 0 Å². The van der Waals surface area contributed by atoms with Gasteiger partial charge in [-0.2, -0.15) is 0 Å². The summed E-state index contributed by atoms with van der Waals surface area (Å²) < 4.78 is 0. The first-order valence-corrected chi connectivity index (χ1v) is 5.07. The first-order valence-electron chi connectivity index (χ1n) is 5.07. The largest absolute Gasteiger partial charge is 0.465 e. The van der Waals surface area contributed by atoms with Gasteiger partial charge in [0.05, 0.1) is 18.4 Å². The number of carboxylic acid groups (broad SMARTS) is 1. The second kappa shape index (κ2) is 5.07. The molecule has 1 N–H and O–H groups in total. The van der Waals surface area contributed by atoms with Crippen LogP contribution in [0.4, 0.5) is 10.5 Å². The minimum absolute atomic E-state index is 0.281. The Kier molecular flexibility index (Phi) is 3.30. The highest BCUT2D eigenvalue weighted by atomic mass is 16.4. The highest BCUT2D eigenvalue weighted by Crippen LogP contribution is 2.15. The number of rotatable bonds is 3. The van der Waals surface area contributed by atoms with E-state index in [0.717, 1.165) is 5.56 Å². The van der Waals surface area contributed by atoms with Crippen LogP contribution in [-0.2, 0) is 6.54 Å². The SMILES string of the molecule is O=C(O)N(Cc1ccncc1)c1cccnc1. The maximum absolute atomic E-state index is 11.2. The van der Waals surface area contributed by atoms with Gasteiger partial charge in [-0.1, -0.05) is 0 Å². The lowest BCUT2D eigenvalue weighted by Gasteiger charge is -2.18. The summed E-state index contributed by atoms with van der Waals surface area (Å²) in [5, 5.41) is 9.17. The molecule has 0 aliphatic heterocycles. The Balaban J connectivity index is 2.23. The number of anilines is 1. The van der Waals surface area contributed by atoms with E-state index >= 15 is 0 Å². The van der Waals surface area contributed by atoms with Gasteiger partial charge in [0.2, 0.25) is 0 Å². The van der Waals surface area contributed by atoms with Gasteiger partial charge in [0.1, 0.15) is 0 Å². The summed E-state index contributed by atoms with van der Waals surface area (Å²) in [4.78, 5) is 20.2. The van der Waals surface area contributed by atoms with Crippen LogP contribution in [0.2, 0.25) is 0 Å². The highest BCUT2D eigenvalue weighted by molar-refractivity contribution is 5.85. The van der Waals surface area contributed by atoms with Crippen molar-refractivity contribution in [2.45, 2.75) is 6.54 Å². The zero-order chi connectivity index (χ0) is 12.1. The molecular weight excluding hydrogens is 218 g/mol. The van der Waals surface area contributed by atoms with E-state index in [1.165, 1.54) is 11.1 Å². The molecule has 0 bridgehead atoms. The summed E-state index contributed by atoms with van der Waals surface area (Å²) >= 11 is 0. The van der Waals surface area contributed by atoms with E-state index in [-0.39, 0.29) is 6.54 Å². The van der Waals surface area contributed by atoms with Gasteiger partial charge in [-0.05, 0) is 29.8 Å². The van der Waals surface area contributed by atoms with Crippen LogP contribution >= 0.6 is 0 Å². The molecule has 2 heterocycles. The lowest BCUT2D eigenvalue weighted by molar-refractivity contribution is 0.201. The Labute approximate surface area is 98.4 Å². The van der Waals surface area contributed by atoms with Crippen molar-refractivity contribution in [1.29, 1.82) is 0 Å². The standard InChI is InChI=1S/C12H11N3O2/c16-12(17)15(11-2-1-5-14-8-11)9-10-3-6-13-7-4-10/h1-8H,9H2,(H,16,17). The van der Waals surface area contributed by atoms with E-state index in [1.54, 1.807) is 42.9 Å². The van der Waals surface area contributed by atoms with Crippen LogP contribution in [-0.4, -0.2) is 21.2 Å². The molecule has 2 aromatic rings. The monoisotopic (exact) mass is 229 g/mol. The fourth-order valence-corrected chi connectivity index (χ4v) is 1.45. The van der Waals surface area contributed by atoms with Crippen molar-refractivity contribution < 1.29 is 9.90 Å². The first-order chi connectivity index (χ1) is 8.27. The predicted molar refractivity (Wildman–Crippen MR) is 62.7 cm³/mol. The average Bonchev–Trinajstić information content (AvgIpc) is 2.38. The Morgan fingerprint density at radius 1 is 1.18 bits per heavy atom. The highest BCUT2D eigenvalue weighted by Gasteiger charge is 2.14. The number of amides is 1. The minimum Gasteiger partial charge on any atom is -0.465 e. The van der Waals surface area contributed by atoms with Crippen LogP contribution in [0, 0.1) is 0 Å². The minimum atomic E-state index is -1.00. The van der Waals surface area contributed by atoms with Gasteiger partial charge >= 0.3 is 6.09 Å². The van der Waals surface area contributed by atoms with Crippen molar-refractivity contribution in [3.63, 3.8) is 0 Å². The second-order valence-corrected chi connectivity index (χ2v) is 3.44. The van der Waals surface area contributed by atoms with Crippen LogP contribution in [0.3, 0.4) is 0 Å². The normalized spacial score (nSPS) is 9.88. The van der Waals surface area contributed by atoms with Gasteiger partial charge in [0, 0.05) is 18.6 Å². The molecule has 0 saturated heterocycles. The van der Waals surface area contributed by atoms with E-state index < -0.39 is 6.09 Å². The molecular formula is C12H11N3O2. The maximum atomic E-state index is 11.2. The fourth-order valence-electron chi connectivity index (χ4n) is 1.45. The summed E-state index contributed by atoms with van der Waals surface area (Å²) in [6, 6.07) is 6.98. The molecule has 0 saturated carbocycles. The topological polar surface area (TPSA) is 66.3 Å². The van der Waals surface area contributed by atoms with Crippen molar-refractivity contribution in [3.05, 3.63) is 54.6 Å². The number of nitrogens with zero attached hydrogens (tertiary/aromatic N) is 3. The summed E-state index contributed by atoms with van der Waals surface area (Å²) in [7, 11) is 0. The van der Waals surface area contributed by atoms with Crippen molar-refractivity contribution in [2.75, 3.05) is 4.90 Å². The molecule has 0 unspecified atom stereocenters. The van der Waals surface area contributed by atoms with Gasteiger partial charge in [-0.25, -0.2) is 4.79 Å². The van der Waals surface area contributed by atoms with Crippen LogP contribution < -0.4 is 4.90 Å². The predicted octanol–water partition coefficient (Wildman–Crippen LogP) is 2.16. The molecule has 0 aromatic carbocycles. The van der Waals surface area contributed by atoms with E-state index in [2.05, 4.69) is 9.97 Å². The summed E-state index contributed by atoms with van der Waals surface area (Å²) in [6.07, 6.45) is 5.40. The van der Waals surface area contributed by atoms with E-state index in [4.69, 9.17) is 0 Å². The van der Waals surface area contributed by atoms with E-state index in [1.807, 2.05) is 0 Å². The number of pyridine rings is 2. The number of hydrogen-bond acceptors (Lipinski definition) is 3. The molecule has 5 heteroatoms. The summed E-state index contributed by atoms with van der Waals surface area (Å²) in [5.41, 5.74) is 1.43. The summed E-state index contributed by atoms with van der Waals surface area (Å²) in [5.74, 6) is 0. The molecule has 0 radical (unpaired) electrons. The molecule has 0 aliphatic rings. The zero-order valence-electron chi connectivity index (χ0n) is 9.02. The molecule has 2 rings (SSSR count). The molecule has 0 atom stereocenters. The summed E-state index contributed by atoms with van der Waals surface area (Å²) in [6.45, 7) is 0.281. The molecule has 5 nitrogen and oxygen atoms in total. The van der Waals surface area contributed by atoms with E-state index in [9.17, 15) is 9.90 Å². The maximum Gasteiger partial charge on any atom is 0.412 e. The van der Waals surface area contributed by atoms with Crippen LogP contribution in [0.25, 0.3) is 0 Å². The lowest BCUT2D eigenvalue weighted by atomic mass is 10.2. The zero-order valence-corrected chi connectivity index (χ0v) is 9.02. The second-order valence-electron chi connectivity index (χ2n) is 3.44. The molecule has 17 heavy (non-hydrogen) atoms. The first kappa shape index (κ1) is 11.1. The number of hydrogen-bond donors (Lipinski definition) is 1. The fraction of sp³-hybridized carbons (Fsp3) is 0.0833. The Bertz CT molecular complexity index is 488. The van der Waals surface area contributed by atoms with Crippen LogP contribution in [0.5, 0.6) is 0 Å². The van der Waals surface area contributed by atoms with Crippen molar-refractivity contribution in [2.24, 2.45) is 0 Å². The molecule has 0 aliphatic carbocycles. The quantitative estimate of drug-likeness (QED) is 0.875.